The number of hydrogen-bond acceptors (Lipinski definition) is 2. The van der Waals surface area contributed by atoms with Crippen LogP contribution in [0.3, 0.4) is 0 Å². The summed E-state index contributed by atoms with van der Waals surface area (Å²) in [6.07, 6.45) is 1.63. The first-order valence-corrected chi connectivity index (χ1v) is 6.62. The quantitative estimate of drug-likeness (QED) is 0.695. The molecule has 0 radical (unpaired) electrons. The van der Waals surface area contributed by atoms with Gasteiger partial charge in [-0.05, 0) is 6.42 Å². The molecule has 0 aromatic rings. The van der Waals surface area contributed by atoms with Gasteiger partial charge in [-0.1, -0.05) is 32.6 Å². The zero-order chi connectivity index (χ0) is 12.7. The Morgan fingerprint density at radius 1 is 1.24 bits per heavy atom. The van der Waals surface area contributed by atoms with Gasteiger partial charge < -0.3 is 4.90 Å². The number of rotatable bonds is 3. The maximum atomic E-state index is 11.7. The van der Waals surface area contributed by atoms with Crippen molar-refractivity contribution < 1.29 is 4.79 Å². The van der Waals surface area contributed by atoms with Crippen molar-refractivity contribution in [3.8, 4) is 11.8 Å². The smallest absolute Gasteiger partial charge is 0.222 e. The van der Waals surface area contributed by atoms with Crippen molar-refractivity contribution in [1.82, 2.24) is 9.80 Å². The van der Waals surface area contributed by atoms with E-state index in [4.69, 9.17) is 0 Å². The molecule has 0 unspecified atom stereocenters. The van der Waals surface area contributed by atoms with Crippen LogP contribution in [0.2, 0.25) is 0 Å². The highest BCUT2D eigenvalue weighted by Gasteiger charge is 2.19. The van der Waals surface area contributed by atoms with E-state index in [0.717, 1.165) is 39.1 Å². The van der Waals surface area contributed by atoms with Gasteiger partial charge in [-0.15, -0.1) is 0 Å². The fraction of sp³-hybridized carbons (Fsp3) is 0.786. The summed E-state index contributed by atoms with van der Waals surface area (Å²) in [6.45, 7) is 10.8. The molecule has 3 heteroatoms. The number of amides is 1. The lowest BCUT2D eigenvalue weighted by atomic mass is 10.2. The van der Waals surface area contributed by atoms with E-state index in [-0.39, 0.29) is 0 Å². The van der Waals surface area contributed by atoms with E-state index >= 15 is 0 Å². The molecule has 1 fully saturated rings. The third-order valence-electron chi connectivity index (χ3n) is 2.88. The third kappa shape index (κ3) is 5.23. The summed E-state index contributed by atoms with van der Waals surface area (Å²) in [5.41, 5.74) is 0. The van der Waals surface area contributed by atoms with Gasteiger partial charge in [-0.2, -0.15) is 0 Å². The molecule has 0 atom stereocenters. The van der Waals surface area contributed by atoms with Crippen LogP contribution < -0.4 is 0 Å². The van der Waals surface area contributed by atoms with Gasteiger partial charge in [0.05, 0.1) is 6.54 Å². The molecule has 0 spiro atoms. The summed E-state index contributed by atoms with van der Waals surface area (Å²) in [4.78, 5) is 16.0. The molecule has 0 aliphatic carbocycles. The molecular weight excluding hydrogens is 212 g/mol. The van der Waals surface area contributed by atoms with Crippen LogP contribution in [0.15, 0.2) is 0 Å². The standard InChI is InChI=1S/C14H24N2O/c1-4-6-14(17)16-11-9-15(10-12-16)8-5-7-13(2)3/h13H,4,6,8-12H2,1-3H3. The van der Waals surface area contributed by atoms with Crippen LogP contribution >= 0.6 is 0 Å². The molecule has 1 aliphatic heterocycles. The van der Waals surface area contributed by atoms with E-state index < -0.39 is 0 Å². The van der Waals surface area contributed by atoms with E-state index in [1.54, 1.807) is 0 Å². The number of piperazine rings is 1. The number of nitrogens with zero attached hydrogens (tertiary/aromatic N) is 2. The van der Waals surface area contributed by atoms with Crippen molar-refractivity contribution in [2.24, 2.45) is 5.92 Å². The normalized spacial score (nSPS) is 16.8. The van der Waals surface area contributed by atoms with Crippen LogP contribution in [-0.4, -0.2) is 48.4 Å². The molecule has 96 valence electrons. The SMILES string of the molecule is CCCC(=O)N1CCN(CC#CC(C)C)CC1. The van der Waals surface area contributed by atoms with Crippen LogP contribution in [0, 0.1) is 17.8 Å². The lowest BCUT2D eigenvalue weighted by Gasteiger charge is -2.33. The molecule has 0 bridgehead atoms. The van der Waals surface area contributed by atoms with Crippen LogP contribution in [0.1, 0.15) is 33.6 Å². The monoisotopic (exact) mass is 236 g/mol. The molecule has 1 heterocycles. The topological polar surface area (TPSA) is 23.6 Å². The van der Waals surface area contributed by atoms with Crippen LogP contribution in [0.4, 0.5) is 0 Å². The van der Waals surface area contributed by atoms with E-state index in [9.17, 15) is 4.79 Å². The first-order chi connectivity index (χ1) is 8.13. The van der Waals surface area contributed by atoms with Crippen LogP contribution in [0.25, 0.3) is 0 Å². The summed E-state index contributed by atoms with van der Waals surface area (Å²) in [7, 11) is 0. The predicted octanol–water partition coefficient (Wildman–Crippen LogP) is 1.59. The summed E-state index contributed by atoms with van der Waals surface area (Å²) in [6, 6.07) is 0. The van der Waals surface area contributed by atoms with Gasteiger partial charge in [0, 0.05) is 38.5 Å². The molecule has 0 saturated carbocycles. The summed E-state index contributed by atoms with van der Waals surface area (Å²) in [5.74, 6) is 7.12. The van der Waals surface area contributed by atoms with Gasteiger partial charge in [-0.25, -0.2) is 0 Å². The molecule has 1 amide bonds. The van der Waals surface area contributed by atoms with Crippen LogP contribution in [-0.2, 0) is 4.79 Å². The zero-order valence-electron chi connectivity index (χ0n) is 11.3. The Bertz CT molecular complexity index is 293. The Kier molecular flexibility index (Phi) is 6.07. The molecule has 0 aromatic heterocycles. The average Bonchev–Trinajstić information content (AvgIpc) is 2.30. The number of hydrogen-bond donors (Lipinski definition) is 0. The third-order valence-corrected chi connectivity index (χ3v) is 2.88. The molecule has 1 saturated heterocycles. The zero-order valence-corrected chi connectivity index (χ0v) is 11.3. The van der Waals surface area contributed by atoms with E-state index in [1.807, 2.05) is 4.90 Å². The Morgan fingerprint density at radius 2 is 1.88 bits per heavy atom. The minimum Gasteiger partial charge on any atom is -0.340 e. The summed E-state index contributed by atoms with van der Waals surface area (Å²) >= 11 is 0. The lowest BCUT2D eigenvalue weighted by molar-refractivity contribution is -0.132. The first kappa shape index (κ1) is 14.1. The number of carbonyl (C=O) groups excluding carboxylic acids is 1. The largest absolute Gasteiger partial charge is 0.340 e. The highest BCUT2D eigenvalue weighted by molar-refractivity contribution is 5.76. The molecule has 1 rings (SSSR count). The highest BCUT2D eigenvalue weighted by Crippen LogP contribution is 2.04. The van der Waals surface area contributed by atoms with Crippen LogP contribution in [0.5, 0.6) is 0 Å². The van der Waals surface area contributed by atoms with E-state index in [2.05, 4.69) is 37.5 Å². The second-order valence-electron chi connectivity index (χ2n) is 4.88. The Hall–Kier alpha value is -1.01. The molecule has 17 heavy (non-hydrogen) atoms. The second kappa shape index (κ2) is 7.34. The van der Waals surface area contributed by atoms with E-state index in [0.29, 0.717) is 18.2 Å². The van der Waals surface area contributed by atoms with Crippen molar-refractivity contribution in [3.05, 3.63) is 0 Å². The molecule has 1 aliphatic rings. The number of carbonyl (C=O) groups is 1. The highest BCUT2D eigenvalue weighted by atomic mass is 16.2. The summed E-state index contributed by atoms with van der Waals surface area (Å²) < 4.78 is 0. The Morgan fingerprint density at radius 3 is 2.41 bits per heavy atom. The predicted molar refractivity (Wildman–Crippen MR) is 70.5 cm³/mol. The minimum atomic E-state index is 0.306. The van der Waals surface area contributed by atoms with Gasteiger partial charge in [0.1, 0.15) is 0 Å². The van der Waals surface area contributed by atoms with Gasteiger partial charge in [0.25, 0.3) is 0 Å². The van der Waals surface area contributed by atoms with Crippen molar-refractivity contribution in [3.63, 3.8) is 0 Å². The minimum absolute atomic E-state index is 0.306. The fourth-order valence-corrected chi connectivity index (χ4v) is 1.89. The van der Waals surface area contributed by atoms with Gasteiger partial charge in [-0.3, -0.25) is 9.69 Å². The Labute approximate surface area is 105 Å². The lowest BCUT2D eigenvalue weighted by Crippen LogP contribution is -2.48. The first-order valence-electron chi connectivity index (χ1n) is 6.62. The molecule has 0 aromatic carbocycles. The molecule has 0 N–H and O–H groups in total. The van der Waals surface area contributed by atoms with Gasteiger partial charge in [0.2, 0.25) is 5.91 Å². The summed E-state index contributed by atoms with van der Waals surface area (Å²) in [5, 5.41) is 0. The van der Waals surface area contributed by atoms with Crippen molar-refractivity contribution in [2.75, 3.05) is 32.7 Å². The molecule has 3 nitrogen and oxygen atoms in total. The van der Waals surface area contributed by atoms with Crippen molar-refractivity contribution >= 4 is 5.91 Å². The second-order valence-corrected chi connectivity index (χ2v) is 4.88. The fourth-order valence-electron chi connectivity index (χ4n) is 1.89. The molecular formula is C14H24N2O. The maximum absolute atomic E-state index is 11.7. The van der Waals surface area contributed by atoms with Crippen molar-refractivity contribution in [1.29, 1.82) is 0 Å². The van der Waals surface area contributed by atoms with Gasteiger partial charge in [0.15, 0.2) is 0 Å². The average molecular weight is 236 g/mol. The Balaban J connectivity index is 2.27. The van der Waals surface area contributed by atoms with E-state index in [1.165, 1.54) is 0 Å². The van der Waals surface area contributed by atoms with Crippen molar-refractivity contribution in [2.45, 2.75) is 33.6 Å². The van der Waals surface area contributed by atoms with Gasteiger partial charge >= 0.3 is 0 Å². The maximum Gasteiger partial charge on any atom is 0.222 e.